The molecule has 3 aromatic carbocycles. The molecule has 0 aliphatic rings. The van der Waals surface area contributed by atoms with Gasteiger partial charge in [-0.25, -0.2) is 0 Å². The molecular weight excluding hydrogens is 444 g/mol. The summed E-state index contributed by atoms with van der Waals surface area (Å²) in [7, 11) is 0. The van der Waals surface area contributed by atoms with Crippen LogP contribution in [0.3, 0.4) is 0 Å². The van der Waals surface area contributed by atoms with Crippen LogP contribution in [0.25, 0.3) is 0 Å². The third-order valence-corrected chi connectivity index (χ3v) is 4.64. The summed E-state index contributed by atoms with van der Waals surface area (Å²) in [5.41, 5.74) is 1.34. The van der Waals surface area contributed by atoms with E-state index < -0.39 is 0 Å². The molecular formula is C25H25ClN2O5. The maximum absolute atomic E-state index is 12.6. The van der Waals surface area contributed by atoms with Gasteiger partial charge in [-0.1, -0.05) is 35.9 Å². The molecule has 3 rings (SSSR count). The van der Waals surface area contributed by atoms with Gasteiger partial charge in [-0.05, 0) is 44.2 Å². The normalized spacial score (nSPS) is 10.3. The first kappa shape index (κ1) is 23.9. The fourth-order valence-electron chi connectivity index (χ4n) is 2.98. The van der Waals surface area contributed by atoms with E-state index in [0.29, 0.717) is 52.4 Å². The Morgan fingerprint density at radius 3 is 2.03 bits per heavy atom. The molecule has 0 spiro atoms. The number of ether oxygens (including phenoxy) is 3. The van der Waals surface area contributed by atoms with Crippen LogP contribution in [-0.4, -0.2) is 31.6 Å². The fraction of sp³-hybridized carbons (Fsp3) is 0.200. The van der Waals surface area contributed by atoms with Crippen LogP contribution in [-0.2, 0) is 4.79 Å². The Morgan fingerprint density at radius 1 is 0.788 bits per heavy atom. The van der Waals surface area contributed by atoms with E-state index in [-0.39, 0.29) is 18.4 Å². The molecule has 0 saturated heterocycles. The largest absolute Gasteiger partial charge is 0.492 e. The first-order valence-corrected chi connectivity index (χ1v) is 10.9. The fourth-order valence-corrected chi connectivity index (χ4v) is 3.16. The van der Waals surface area contributed by atoms with Gasteiger partial charge in [0, 0.05) is 22.7 Å². The van der Waals surface area contributed by atoms with Crippen molar-refractivity contribution in [2.75, 3.05) is 30.5 Å². The van der Waals surface area contributed by atoms with Crippen molar-refractivity contribution in [2.24, 2.45) is 0 Å². The van der Waals surface area contributed by atoms with Gasteiger partial charge in [0.05, 0.1) is 24.6 Å². The lowest BCUT2D eigenvalue weighted by molar-refractivity contribution is -0.118. The number of hydrogen-bond acceptors (Lipinski definition) is 5. The second-order valence-electron chi connectivity index (χ2n) is 6.82. The van der Waals surface area contributed by atoms with Crippen molar-refractivity contribution < 1.29 is 23.8 Å². The number of benzene rings is 3. The van der Waals surface area contributed by atoms with Crippen molar-refractivity contribution in [3.8, 4) is 17.2 Å². The van der Waals surface area contributed by atoms with E-state index in [9.17, 15) is 9.59 Å². The van der Waals surface area contributed by atoms with Crippen molar-refractivity contribution in [2.45, 2.75) is 13.8 Å². The molecule has 0 bridgehead atoms. The predicted molar refractivity (Wildman–Crippen MR) is 129 cm³/mol. The van der Waals surface area contributed by atoms with Crippen LogP contribution in [0.2, 0.25) is 5.02 Å². The lowest BCUT2D eigenvalue weighted by atomic mass is 10.2. The predicted octanol–water partition coefficient (Wildman–Crippen LogP) is 5.41. The third-order valence-electron chi connectivity index (χ3n) is 4.41. The standard InChI is InChI=1S/C25H25ClN2O5/c1-3-31-22-15-21(28-25(30)17-9-6-5-7-10-17)23(32-4-2)14-20(22)27-24(29)16-33-19-12-8-11-18(26)13-19/h5-15H,3-4,16H2,1-2H3,(H,27,29)(H,28,30). The Kier molecular flexibility index (Phi) is 8.55. The highest BCUT2D eigenvalue weighted by Gasteiger charge is 2.17. The van der Waals surface area contributed by atoms with E-state index in [4.69, 9.17) is 25.8 Å². The van der Waals surface area contributed by atoms with E-state index in [1.54, 1.807) is 60.7 Å². The second-order valence-corrected chi connectivity index (χ2v) is 7.26. The van der Waals surface area contributed by atoms with Crippen LogP contribution >= 0.6 is 11.6 Å². The van der Waals surface area contributed by atoms with Gasteiger partial charge in [-0.2, -0.15) is 0 Å². The number of carbonyl (C=O) groups is 2. The van der Waals surface area contributed by atoms with Gasteiger partial charge in [0.15, 0.2) is 6.61 Å². The third kappa shape index (κ3) is 6.89. The van der Waals surface area contributed by atoms with Gasteiger partial charge >= 0.3 is 0 Å². The minimum Gasteiger partial charge on any atom is -0.492 e. The molecule has 0 atom stereocenters. The summed E-state index contributed by atoms with van der Waals surface area (Å²) in [6.07, 6.45) is 0. The van der Waals surface area contributed by atoms with Crippen LogP contribution in [0.4, 0.5) is 11.4 Å². The summed E-state index contributed by atoms with van der Waals surface area (Å²) >= 11 is 5.94. The highest BCUT2D eigenvalue weighted by molar-refractivity contribution is 6.30. The summed E-state index contributed by atoms with van der Waals surface area (Å²) in [6.45, 7) is 4.17. The molecule has 2 N–H and O–H groups in total. The average Bonchev–Trinajstić information content (AvgIpc) is 2.81. The minimum atomic E-state index is -0.389. The molecule has 0 radical (unpaired) electrons. The van der Waals surface area contributed by atoms with Crippen molar-refractivity contribution in [1.29, 1.82) is 0 Å². The number of anilines is 2. The number of amides is 2. The van der Waals surface area contributed by atoms with E-state index in [1.807, 2.05) is 19.9 Å². The van der Waals surface area contributed by atoms with Crippen molar-refractivity contribution in [3.63, 3.8) is 0 Å². The molecule has 0 unspecified atom stereocenters. The zero-order chi connectivity index (χ0) is 23.6. The molecule has 0 aromatic heterocycles. The van der Waals surface area contributed by atoms with Gasteiger partial charge < -0.3 is 24.8 Å². The molecule has 2 amide bonds. The van der Waals surface area contributed by atoms with Crippen LogP contribution in [0.15, 0.2) is 66.7 Å². The van der Waals surface area contributed by atoms with Crippen LogP contribution in [0, 0.1) is 0 Å². The zero-order valence-corrected chi connectivity index (χ0v) is 19.1. The molecule has 0 heterocycles. The van der Waals surface area contributed by atoms with Crippen molar-refractivity contribution >= 4 is 34.8 Å². The van der Waals surface area contributed by atoms with E-state index in [0.717, 1.165) is 0 Å². The average molecular weight is 469 g/mol. The van der Waals surface area contributed by atoms with Gasteiger partial charge in [-0.3, -0.25) is 9.59 Å². The zero-order valence-electron chi connectivity index (χ0n) is 18.4. The summed E-state index contributed by atoms with van der Waals surface area (Å²) in [6, 6.07) is 18.9. The maximum atomic E-state index is 12.6. The number of rotatable bonds is 10. The highest BCUT2D eigenvalue weighted by atomic mass is 35.5. The van der Waals surface area contributed by atoms with Gasteiger partial charge in [-0.15, -0.1) is 0 Å². The summed E-state index contributed by atoms with van der Waals surface area (Å²) in [5, 5.41) is 6.14. The molecule has 172 valence electrons. The number of nitrogens with one attached hydrogen (secondary N) is 2. The molecule has 0 aliphatic heterocycles. The highest BCUT2D eigenvalue weighted by Crippen LogP contribution is 2.37. The lowest BCUT2D eigenvalue weighted by Crippen LogP contribution is -2.21. The Hall–Kier alpha value is -3.71. The Labute approximate surface area is 197 Å². The summed E-state index contributed by atoms with van der Waals surface area (Å²) in [5.74, 6) is 0.596. The monoisotopic (exact) mass is 468 g/mol. The van der Waals surface area contributed by atoms with E-state index >= 15 is 0 Å². The molecule has 0 saturated carbocycles. The number of halogens is 1. The van der Waals surface area contributed by atoms with Crippen LogP contribution < -0.4 is 24.8 Å². The smallest absolute Gasteiger partial charge is 0.262 e. The minimum absolute atomic E-state index is 0.220. The first-order chi connectivity index (χ1) is 16.0. The maximum Gasteiger partial charge on any atom is 0.262 e. The first-order valence-electron chi connectivity index (χ1n) is 10.5. The quantitative estimate of drug-likeness (QED) is 0.415. The van der Waals surface area contributed by atoms with E-state index in [2.05, 4.69) is 10.6 Å². The van der Waals surface area contributed by atoms with Gasteiger partial charge in [0.1, 0.15) is 17.2 Å². The lowest BCUT2D eigenvalue weighted by Gasteiger charge is -2.18. The second kappa shape index (κ2) is 11.8. The van der Waals surface area contributed by atoms with Gasteiger partial charge in [0.25, 0.3) is 11.8 Å². The molecule has 7 nitrogen and oxygen atoms in total. The molecule has 8 heteroatoms. The molecule has 0 aliphatic carbocycles. The Bertz CT molecular complexity index is 1110. The molecule has 33 heavy (non-hydrogen) atoms. The number of carbonyl (C=O) groups excluding carboxylic acids is 2. The number of hydrogen-bond donors (Lipinski definition) is 2. The Balaban J connectivity index is 1.79. The van der Waals surface area contributed by atoms with Crippen molar-refractivity contribution in [3.05, 3.63) is 77.3 Å². The molecule has 0 fully saturated rings. The van der Waals surface area contributed by atoms with E-state index in [1.165, 1.54) is 0 Å². The van der Waals surface area contributed by atoms with Crippen molar-refractivity contribution in [1.82, 2.24) is 0 Å². The van der Waals surface area contributed by atoms with Crippen LogP contribution in [0.5, 0.6) is 17.2 Å². The van der Waals surface area contributed by atoms with Crippen LogP contribution in [0.1, 0.15) is 24.2 Å². The Morgan fingerprint density at radius 2 is 1.42 bits per heavy atom. The van der Waals surface area contributed by atoms with Gasteiger partial charge in [0.2, 0.25) is 0 Å². The summed E-state index contributed by atoms with van der Waals surface area (Å²) in [4.78, 5) is 25.2. The SMILES string of the molecule is CCOc1cc(NC(=O)c2ccccc2)c(OCC)cc1NC(=O)COc1cccc(Cl)c1. The topological polar surface area (TPSA) is 85.9 Å². The molecule has 3 aromatic rings. The summed E-state index contributed by atoms with van der Waals surface area (Å²) < 4.78 is 16.9.